The first kappa shape index (κ1) is 8.47. The average Bonchev–Trinajstić information content (AvgIpc) is 2.83. The summed E-state index contributed by atoms with van der Waals surface area (Å²) in [5.74, 6) is 0.306. The van der Waals surface area contributed by atoms with Crippen LogP contribution < -0.4 is 4.90 Å². The molecule has 0 aromatic carbocycles. The van der Waals surface area contributed by atoms with Crippen LogP contribution in [0.3, 0.4) is 0 Å². The van der Waals surface area contributed by atoms with Gasteiger partial charge in [0.1, 0.15) is 5.52 Å². The normalized spacial score (nSPS) is 16.5. The molecule has 1 aliphatic heterocycles. The maximum atomic E-state index is 11.2. The number of rotatable bonds is 1. The van der Waals surface area contributed by atoms with Crippen LogP contribution in [0.25, 0.3) is 11.0 Å². The lowest BCUT2D eigenvalue weighted by atomic mass is 10.3. The molecule has 3 rings (SSSR count). The highest BCUT2D eigenvalue weighted by Crippen LogP contribution is 2.26. The van der Waals surface area contributed by atoms with Crippen molar-refractivity contribution >= 4 is 22.5 Å². The van der Waals surface area contributed by atoms with Gasteiger partial charge in [0.2, 0.25) is 0 Å². The summed E-state index contributed by atoms with van der Waals surface area (Å²) in [6.07, 6.45) is 4.35. The summed E-state index contributed by atoms with van der Waals surface area (Å²) >= 11 is 0. The van der Waals surface area contributed by atoms with E-state index < -0.39 is 0 Å². The minimum Gasteiger partial charge on any atom is -0.361 e. The van der Waals surface area contributed by atoms with E-state index in [1.807, 2.05) is 18.3 Å². The van der Waals surface area contributed by atoms with E-state index in [1.165, 1.54) is 0 Å². The Bertz CT molecular complexity index is 517. The zero-order chi connectivity index (χ0) is 10.3. The fourth-order valence-corrected chi connectivity index (χ4v) is 2.02. The van der Waals surface area contributed by atoms with Crippen molar-refractivity contribution in [1.29, 1.82) is 0 Å². The van der Waals surface area contributed by atoms with Crippen LogP contribution in [0.15, 0.2) is 24.5 Å². The van der Waals surface area contributed by atoms with Gasteiger partial charge in [-0.25, -0.2) is 0 Å². The van der Waals surface area contributed by atoms with Gasteiger partial charge in [-0.3, -0.25) is 9.78 Å². The monoisotopic (exact) mass is 201 g/mol. The molecule has 15 heavy (non-hydrogen) atoms. The highest BCUT2D eigenvalue weighted by molar-refractivity contribution is 5.94. The fourth-order valence-electron chi connectivity index (χ4n) is 2.02. The number of fused-ring (bicyclic) bond motifs is 1. The lowest BCUT2D eigenvalue weighted by molar-refractivity contribution is -0.116. The zero-order valence-corrected chi connectivity index (χ0v) is 8.23. The van der Waals surface area contributed by atoms with E-state index in [0.717, 1.165) is 23.3 Å². The number of H-pyrrole nitrogens is 1. The predicted octanol–water partition coefficient (Wildman–Crippen LogP) is 1.34. The van der Waals surface area contributed by atoms with Gasteiger partial charge < -0.3 is 9.88 Å². The van der Waals surface area contributed by atoms with Crippen molar-refractivity contribution in [3.63, 3.8) is 0 Å². The number of carbonyl (C=O) groups is 1. The van der Waals surface area contributed by atoms with E-state index in [2.05, 4.69) is 14.9 Å². The SMILES string of the molecule is O=C1CCN(c2c[nH]c3cccnc23)C1. The van der Waals surface area contributed by atoms with Crippen LogP contribution >= 0.6 is 0 Å². The first-order valence-corrected chi connectivity index (χ1v) is 5.03. The Labute approximate surface area is 86.9 Å². The van der Waals surface area contributed by atoms with Crippen molar-refractivity contribution < 1.29 is 4.79 Å². The van der Waals surface area contributed by atoms with Crippen molar-refractivity contribution in [2.24, 2.45) is 0 Å². The van der Waals surface area contributed by atoms with Gasteiger partial charge in [-0.1, -0.05) is 0 Å². The van der Waals surface area contributed by atoms with Crippen LogP contribution in [0.2, 0.25) is 0 Å². The van der Waals surface area contributed by atoms with Gasteiger partial charge >= 0.3 is 0 Å². The van der Waals surface area contributed by atoms with Crippen LogP contribution in [-0.2, 0) is 4.79 Å². The molecule has 2 aromatic rings. The Morgan fingerprint density at radius 2 is 2.40 bits per heavy atom. The molecule has 1 aliphatic rings. The second-order valence-electron chi connectivity index (χ2n) is 3.78. The Balaban J connectivity index is 2.07. The molecule has 4 nitrogen and oxygen atoms in total. The van der Waals surface area contributed by atoms with E-state index in [0.29, 0.717) is 18.7 Å². The standard InChI is InChI=1S/C11H11N3O/c15-8-3-5-14(7-8)10-6-13-9-2-1-4-12-11(9)10/h1-2,4,6,13H,3,5,7H2. The van der Waals surface area contributed by atoms with Crippen LogP contribution in [0, 0.1) is 0 Å². The number of hydrogen-bond donors (Lipinski definition) is 1. The molecular formula is C11H11N3O. The topological polar surface area (TPSA) is 49.0 Å². The van der Waals surface area contributed by atoms with Crippen LogP contribution in [0.5, 0.6) is 0 Å². The lowest BCUT2D eigenvalue weighted by Gasteiger charge is -2.13. The highest BCUT2D eigenvalue weighted by atomic mass is 16.1. The third-order valence-corrected chi connectivity index (χ3v) is 2.78. The summed E-state index contributed by atoms with van der Waals surface area (Å²) in [6.45, 7) is 1.33. The molecule has 0 atom stereocenters. The molecule has 1 N–H and O–H groups in total. The number of anilines is 1. The largest absolute Gasteiger partial charge is 0.361 e. The molecule has 0 aliphatic carbocycles. The zero-order valence-electron chi connectivity index (χ0n) is 8.23. The maximum Gasteiger partial charge on any atom is 0.153 e. The summed E-state index contributed by atoms with van der Waals surface area (Å²) in [4.78, 5) is 20.8. The minimum absolute atomic E-state index is 0.306. The Hall–Kier alpha value is -1.84. The molecule has 4 heteroatoms. The molecule has 0 saturated carbocycles. The Morgan fingerprint density at radius 3 is 3.20 bits per heavy atom. The van der Waals surface area contributed by atoms with Gasteiger partial charge in [0.25, 0.3) is 0 Å². The van der Waals surface area contributed by atoms with Gasteiger partial charge in [-0.2, -0.15) is 0 Å². The third-order valence-electron chi connectivity index (χ3n) is 2.78. The number of aromatic nitrogens is 2. The van der Waals surface area contributed by atoms with Gasteiger partial charge in [0.05, 0.1) is 17.7 Å². The maximum absolute atomic E-state index is 11.2. The van der Waals surface area contributed by atoms with Crippen LogP contribution in [0.1, 0.15) is 6.42 Å². The van der Waals surface area contributed by atoms with Gasteiger partial charge in [0.15, 0.2) is 5.78 Å². The van der Waals surface area contributed by atoms with Crippen molar-refractivity contribution in [3.05, 3.63) is 24.5 Å². The van der Waals surface area contributed by atoms with Crippen molar-refractivity contribution in [1.82, 2.24) is 9.97 Å². The number of aromatic amines is 1. The molecule has 3 heterocycles. The molecule has 0 spiro atoms. The number of pyridine rings is 1. The fraction of sp³-hybridized carbons (Fsp3) is 0.273. The minimum atomic E-state index is 0.306. The molecule has 0 bridgehead atoms. The number of carbonyl (C=O) groups excluding carboxylic acids is 1. The lowest BCUT2D eigenvalue weighted by Crippen LogP contribution is -2.19. The summed E-state index contributed by atoms with van der Waals surface area (Å²) in [5, 5.41) is 0. The molecule has 76 valence electrons. The van der Waals surface area contributed by atoms with Gasteiger partial charge in [-0.15, -0.1) is 0 Å². The van der Waals surface area contributed by atoms with Crippen LogP contribution in [0.4, 0.5) is 5.69 Å². The molecule has 1 saturated heterocycles. The Kier molecular flexibility index (Phi) is 1.74. The highest BCUT2D eigenvalue weighted by Gasteiger charge is 2.22. The summed E-state index contributed by atoms with van der Waals surface area (Å²) in [5.41, 5.74) is 3.01. The molecule has 0 radical (unpaired) electrons. The molecule has 0 amide bonds. The average molecular weight is 201 g/mol. The summed E-state index contributed by atoms with van der Waals surface area (Å²) in [6, 6.07) is 3.89. The van der Waals surface area contributed by atoms with Gasteiger partial charge in [0, 0.05) is 25.4 Å². The van der Waals surface area contributed by atoms with Crippen LogP contribution in [-0.4, -0.2) is 28.8 Å². The molecule has 0 unspecified atom stereocenters. The van der Waals surface area contributed by atoms with Gasteiger partial charge in [-0.05, 0) is 12.1 Å². The second-order valence-corrected chi connectivity index (χ2v) is 3.78. The first-order chi connectivity index (χ1) is 7.34. The second kappa shape index (κ2) is 3.08. The number of ketones is 1. The van der Waals surface area contributed by atoms with E-state index in [1.54, 1.807) is 6.20 Å². The predicted molar refractivity (Wildman–Crippen MR) is 57.9 cm³/mol. The first-order valence-electron chi connectivity index (χ1n) is 5.03. The number of nitrogens with zero attached hydrogens (tertiary/aromatic N) is 2. The summed E-state index contributed by atoms with van der Waals surface area (Å²) < 4.78 is 0. The molecular weight excluding hydrogens is 190 g/mol. The quantitative estimate of drug-likeness (QED) is 0.757. The van der Waals surface area contributed by atoms with E-state index in [9.17, 15) is 4.79 Å². The van der Waals surface area contributed by atoms with E-state index in [4.69, 9.17) is 0 Å². The Morgan fingerprint density at radius 1 is 1.47 bits per heavy atom. The third kappa shape index (κ3) is 1.29. The van der Waals surface area contributed by atoms with E-state index in [-0.39, 0.29) is 0 Å². The smallest absolute Gasteiger partial charge is 0.153 e. The molecule has 1 fully saturated rings. The van der Waals surface area contributed by atoms with E-state index >= 15 is 0 Å². The molecule has 2 aromatic heterocycles. The van der Waals surface area contributed by atoms with Crippen molar-refractivity contribution in [3.8, 4) is 0 Å². The number of hydrogen-bond acceptors (Lipinski definition) is 3. The number of nitrogens with one attached hydrogen (secondary N) is 1. The summed E-state index contributed by atoms with van der Waals surface area (Å²) in [7, 11) is 0. The van der Waals surface area contributed by atoms with Crippen molar-refractivity contribution in [2.75, 3.05) is 18.0 Å². The van der Waals surface area contributed by atoms with Crippen molar-refractivity contribution in [2.45, 2.75) is 6.42 Å². The number of Topliss-reactive ketones (excluding diaryl/α,β-unsaturated/α-hetero) is 1.